The van der Waals surface area contributed by atoms with E-state index in [9.17, 15) is 14.4 Å². The first-order chi connectivity index (χ1) is 14.5. The van der Waals surface area contributed by atoms with Gasteiger partial charge >= 0.3 is 5.97 Å². The third-order valence-electron chi connectivity index (χ3n) is 5.39. The molecule has 1 N–H and O–H groups in total. The minimum atomic E-state index is -0.977. The molecule has 0 aliphatic carbocycles. The van der Waals surface area contributed by atoms with E-state index in [1.807, 2.05) is 30.3 Å². The van der Waals surface area contributed by atoms with Gasteiger partial charge in [-0.1, -0.05) is 30.3 Å². The van der Waals surface area contributed by atoms with Gasteiger partial charge in [-0.25, -0.2) is 4.79 Å². The Kier molecular flexibility index (Phi) is 5.31. The van der Waals surface area contributed by atoms with Crippen molar-refractivity contribution < 1.29 is 28.6 Å². The van der Waals surface area contributed by atoms with Crippen molar-refractivity contribution in [3.05, 3.63) is 59.2 Å². The number of nitrogens with one attached hydrogen (secondary N) is 1. The first-order valence-corrected chi connectivity index (χ1v) is 9.63. The number of nitrogens with zero attached hydrogens (tertiary/aromatic N) is 1. The van der Waals surface area contributed by atoms with Crippen LogP contribution in [0.4, 0.5) is 0 Å². The number of carbonyl (C=O) groups is 3. The fraction of sp³-hybridized carbons (Fsp3) is 0.318. The van der Waals surface area contributed by atoms with Crippen LogP contribution in [-0.4, -0.2) is 42.9 Å². The second kappa shape index (κ2) is 8.06. The summed E-state index contributed by atoms with van der Waals surface area (Å²) in [7, 11) is 2.90. The zero-order valence-corrected chi connectivity index (χ0v) is 16.7. The number of hydrogen-bond acceptors (Lipinski definition) is 6. The number of rotatable bonds is 6. The highest BCUT2D eigenvalue weighted by atomic mass is 16.6. The maximum Gasteiger partial charge on any atom is 0.344 e. The minimum Gasteiger partial charge on any atom is -0.493 e. The molecule has 2 aromatic rings. The van der Waals surface area contributed by atoms with Gasteiger partial charge in [-0.2, -0.15) is 0 Å². The van der Waals surface area contributed by atoms with Gasteiger partial charge in [0.1, 0.15) is 11.6 Å². The Morgan fingerprint density at radius 3 is 2.60 bits per heavy atom. The molecule has 0 saturated carbocycles. The van der Waals surface area contributed by atoms with E-state index >= 15 is 0 Å². The second-order valence-corrected chi connectivity index (χ2v) is 7.08. The van der Waals surface area contributed by atoms with Gasteiger partial charge in [0.05, 0.1) is 14.2 Å². The summed E-state index contributed by atoms with van der Waals surface area (Å²) < 4.78 is 16.1. The molecule has 30 heavy (non-hydrogen) atoms. The van der Waals surface area contributed by atoms with Crippen molar-refractivity contribution in [2.75, 3.05) is 14.2 Å². The molecule has 2 heterocycles. The molecule has 0 spiro atoms. The van der Waals surface area contributed by atoms with Gasteiger partial charge in [0.2, 0.25) is 18.0 Å². The summed E-state index contributed by atoms with van der Waals surface area (Å²) in [5.74, 6) is -0.503. The van der Waals surface area contributed by atoms with Crippen molar-refractivity contribution in [3.8, 4) is 11.5 Å². The van der Waals surface area contributed by atoms with Crippen LogP contribution in [0, 0.1) is 0 Å². The lowest BCUT2D eigenvalue weighted by molar-refractivity contribution is -0.145. The highest BCUT2D eigenvalue weighted by Gasteiger charge is 2.47. The molecule has 2 aliphatic heterocycles. The predicted octanol–water partition coefficient (Wildman–Crippen LogP) is 2.18. The van der Waals surface area contributed by atoms with E-state index in [0.29, 0.717) is 24.3 Å². The Hall–Kier alpha value is -3.55. The van der Waals surface area contributed by atoms with Crippen molar-refractivity contribution in [1.29, 1.82) is 0 Å². The molecular weight excluding hydrogens is 388 g/mol. The highest BCUT2D eigenvalue weighted by molar-refractivity contribution is 5.99. The van der Waals surface area contributed by atoms with Crippen LogP contribution in [-0.2, 0) is 20.9 Å². The first-order valence-electron chi connectivity index (χ1n) is 9.63. The van der Waals surface area contributed by atoms with Gasteiger partial charge in [-0.05, 0) is 24.1 Å². The maximum atomic E-state index is 12.9. The molecule has 4 rings (SSSR count). The van der Waals surface area contributed by atoms with Crippen LogP contribution in [0.15, 0.2) is 42.5 Å². The lowest BCUT2D eigenvalue weighted by Gasteiger charge is -2.29. The molecule has 1 unspecified atom stereocenters. The SMILES string of the molecule is COc1ccc2c(c1OC)C(=O)OC2N1C(=O)CC[C@H]1C(=O)NCc1ccccc1. The van der Waals surface area contributed by atoms with Crippen LogP contribution in [0.2, 0.25) is 0 Å². The van der Waals surface area contributed by atoms with E-state index in [1.165, 1.54) is 19.1 Å². The Balaban J connectivity index is 1.59. The van der Waals surface area contributed by atoms with Crippen molar-refractivity contribution >= 4 is 17.8 Å². The molecule has 0 radical (unpaired) electrons. The molecule has 8 heteroatoms. The van der Waals surface area contributed by atoms with Crippen LogP contribution >= 0.6 is 0 Å². The van der Waals surface area contributed by atoms with E-state index in [1.54, 1.807) is 12.1 Å². The summed E-state index contributed by atoms with van der Waals surface area (Å²) in [5.41, 5.74) is 1.65. The topological polar surface area (TPSA) is 94.2 Å². The van der Waals surface area contributed by atoms with E-state index in [4.69, 9.17) is 14.2 Å². The number of amides is 2. The Morgan fingerprint density at radius 1 is 1.13 bits per heavy atom. The second-order valence-electron chi connectivity index (χ2n) is 7.08. The molecule has 156 valence electrons. The number of cyclic esters (lactones) is 1. The third kappa shape index (κ3) is 3.34. The van der Waals surface area contributed by atoms with E-state index in [2.05, 4.69) is 5.32 Å². The highest BCUT2D eigenvalue weighted by Crippen LogP contribution is 2.45. The van der Waals surface area contributed by atoms with Gasteiger partial charge < -0.3 is 19.5 Å². The lowest BCUT2D eigenvalue weighted by Crippen LogP contribution is -2.46. The molecular formula is C22H22N2O6. The molecule has 2 aromatic carbocycles. The molecule has 2 amide bonds. The van der Waals surface area contributed by atoms with Crippen LogP contribution in [0.5, 0.6) is 11.5 Å². The van der Waals surface area contributed by atoms with Crippen molar-refractivity contribution in [1.82, 2.24) is 10.2 Å². The summed E-state index contributed by atoms with van der Waals surface area (Å²) in [6, 6.07) is 12.1. The van der Waals surface area contributed by atoms with Gasteiger partial charge in [-0.3, -0.25) is 14.5 Å². The molecule has 2 atom stereocenters. The van der Waals surface area contributed by atoms with Crippen LogP contribution < -0.4 is 14.8 Å². The number of fused-ring (bicyclic) bond motifs is 1. The summed E-state index contributed by atoms with van der Waals surface area (Å²) >= 11 is 0. The zero-order chi connectivity index (χ0) is 21.3. The number of benzene rings is 2. The number of likely N-dealkylation sites (tertiary alicyclic amines) is 1. The number of methoxy groups -OCH3 is 2. The van der Waals surface area contributed by atoms with Crippen molar-refractivity contribution in [2.24, 2.45) is 0 Å². The molecule has 1 fully saturated rings. The fourth-order valence-electron chi connectivity index (χ4n) is 3.95. The van der Waals surface area contributed by atoms with Crippen molar-refractivity contribution in [3.63, 3.8) is 0 Å². The maximum absolute atomic E-state index is 12.9. The molecule has 0 aromatic heterocycles. The van der Waals surface area contributed by atoms with Crippen LogP contribution in [0.3, 0.4) is 0 Å². The molecule has 0 bridgehead atoms. The summed E-state index contributed by atoms with van der Waals surface area (Å²) in [4.78, 5) is 39.4. The number of ether oxygens (including phenoxy) is 3. The number of carbonyl (C=O) groups excluding carboxylic acids is 3. The molecule has 1 saturated heterocycles. The largest absolute Gasteiger partial charge is 0.493 e. The smallest absolute Gasteiger partial charge is 0.344 e. The van der Waals surface area contributed by atoms with E-state index < -0.39 is 18.2 Å². The standard InChI is InChI=1S/C22H22N2O6/c1-28-16-10-8-14-18(19(16)29-2)22(27)30-21(14)24-15(9-11-17(24)25)20(26)23-12-13-6-4-3-5-7-13/h3-8,10,15,21H,9,11-12H2,1-2H3,(H,23,26)/t15-,21?/m0/s1. The Labute approximate surface area is 173 Å². The van der Waals surface area contributed by atoms with Gasteiger partial charge in [0.25, 0.3) is 0 Å². The normalized spacial score (nSPS) is 20.0. The molecule has 2 aliphatic rings. The summed E-state index contributed by atoms with van der Waals surface area (Å²) in [6.07, 6.45) is -0.411. The predicted molar refractivity (Wildman–Crippen MR) is 106 cm³/mol. The zero-order valence-electron chi connectivity index (χ0n) is 16.7. The summed E-state index contributed by atoms with van der Waals surface area (Å²) in [5, 5.41) is 2.87. The van der Waals surface area contributed by atoms with Gasteiger partial charge in [-0.15, -0.1) is 0 Å². The van der Waals surface area contributed by atoms with E-state index in [0.717, 1.165) is 5.56 Å². The van der Waals surface area contributed by atoms with Gasteiger partial charge in [0.15, 0.2) is 11.5 Å². The minimum absolute atomic E-state index is 0.208. The monoisotopic (exact) mass is 410 g/mol. The fourth-order valence-corrected chi connectivity index (χ4v) is 3.95. The summed E-state index contributed by atoms with van der Waals surface area (Å²) in [6.45, 7) is 0.351. The lowest BCUT2D eigenvalue weighted by atomic mass is 10.1. The number of hydrogen-bond donors (Lipinski definition) is 1. The number of esters is 1. The van der Waals surface area contributed by atoms with Crippen LogP contribution in [0.1, 0.15) is 40.6 Å². The Morgan fingerprint density at radius 2 is 1.90 bits per heavy atom. The van der Waals surface area contributed by atoms with Crippen molar-refractivity contribution in [2.45, 2.75) is 31.7 Å². The van der Waals surface area contributed by atoms with Gasteiger partial charge in [0, 0.05) is 18.5 Å². The average molecular weight is 410 g/mol. The average Bonchev–Trinajstić information content (AvgIpc) is 3.31. The molecule has 8 nitrogen and oxygen atoms in total. The van der Waals surface area contributed by atoms with Crippen LogP contribution in [0.25, 0.3) is 0 Å². The third-order valence-corrected chi connectivity index (χ3v) is 5.39. The van der Waals surface area contributed by atoms with E-state index in [-0.39, 0.29) is 29.5 Å². The quantitative estimate of drug-likeness (QED) is 0.734. The Bertz CT molecular complexity index is 991. The first kappa shape index (κ1) is 19.8.